The van der Waals surface area contributed by atoms with Crippen LogP contribution in [0.2, 0.25) is 0 Å². The van der Waals surface area contributed by atoms with Gasteiger partial charge in [-0.25, -0.2) is 0 Å². The highest BCUT2D eigenvalue weighted by molar-refractivity contribution is 5.85. The number of ether oxygens (including phenoxy) is 2. The van der Waals surface area contributed by atoms with E-state index in [9.17, 15) is 4.79 Å². The lowest BCUT2D eigenvalue weighted by Gasteiger charge is -2.43. The Morgan fingerprint density at radius 1 is 1.15 bits per heavy atom. The maximum atomic E-state index is 13.1. The predicted molar refractivity (Wildman–Crippen MR) is 101 cm³/mol. The molecule has 0 aromatic heterocycles. The number of nitrogens with zero attached hydrogens (tertiary/aromatic N) is 2. The molecule has 3 rings (SSSR count). The van der Waals surface area contributed by atoms with Crippen LogP contribution in [0.5, 0.6) is 5.75 Å². The van der Waals surface area contributed by atoms with Crippen molar-refractivity contribution in [1.29, 1.82) is 0 Å². The van der Waals surface area contributed by atoms with E-state index in [1.165, 1.54) is 5.56 Å². The highest BCUT2D eigenvalue weighted by Crippen LogP contribution is 2.28. The molecule has 1 N–H and O–H groups in total. The van der Waals surface area contributed by atoms with Gasteiger partial charge < -0.3 is 19.7 Å². The van der Waals surface area contributed by atoms with Crippen LogP contribution in [0.1, 0.15) is 31.4 Å². The second-order valence-corrected chi connectivity index (χ2v) is 7.23. The van der Waals surface area contributed by atoms with Gasteiger partial charge in [-0.3, -0.25) is 9.69 Å². The summed E-state index contributed by atoms with van der Waals surface area (Å²) in [6.07, 6.45) is 1.51. The van der Waals surface area contributed by atoms with Crippen molar-refractivity contribution in [2.24, 2.45) is 0 Å². The number of carbonyl (C=O) groups is 1. The van der Waals surface area contributed by atoms with E-state index in [4.69, 9.17) is 9.47 Å². The third kappa shape index (κ3) is 3.87. The van der Waals surface area contributed by atoms with Crippen LogP contribution >= 0.6 is 0 Å². The SMILES string of the molecule is COc1cccc(C(C)N2CCN(C(=O)C3(OC)CCNCC3)CC2)c1. The van der Waals surface area contributed by atoms with Gasteiger partial charge in [0.25, 0.3) is 5.91 Å². The lowest BCUT2D eigenvalue weighted by atomic mass is 9.90. The molecule has 1 atom stereocenters. The number of piperazine rings is 1. The molecule has 1 unspecified atom stereocenters. The number of rotatable bonds is 5. The quantitative estimate of drug-likeness (QED) is 0.865. The number of methoxy groups -OCH3 is 2. The summed E-state index contributed by atoms with van der Waals surface area (Å²) in [6.45, 7) is 7.16. The lowest BCUT2D eigenvalue weighted by molar-refractivity contribution is -0.160. The number of hydrogen-bond acceptors (Lipinski definition) is 5. The van der Waals surface area contributed by atoms with Crippen LogP contribution in [-0.2, 0) is 9.53 Å². The maximum absolute atomic E-state index is 13.1. The number of benzene rings is 1. The van der Waals surface area contributed by atoms with Gasteiger partial charge in [0.05, 0.1) is 7.11 Å². The van der Waals surface area contributed by atoms with Gasteiger partial charge in [0.2, 0.25) is 0 Å². The zero-order chi connectivity index (χ0) is 18.6. The molecule has 0 aliphatic carbocycles. The summed E-state index contributed by atoms with van der Waals surface area (Å²) in [5, 5.41) is 3.31. The molecular weight excluding hydrogens is 330 g/mol. The van der Waals surface area contributed by atoms with Gasteiger partial charge in [-0.15, -0.1) is 0 Å². The zero-order valence-electron chi connectivity index (χ0n) is 16.2. The van der Waals surface area contributed by atoms with Crippen molar-refractivity contribution >= 4 is 5.91 Å². The first-order valence-corrected chi connectivity index (χ1v) is 9.53. The Labute approximate surface area is 156 Å². The van der Waals surface area contributed by atoms with Gasteiger partial charge in [-0.2, -0.15) is 0 Å². The summed E-state index contributed by atoms with van der Waals surface area (Å²) in [4.78, 5) is 17.5. The van der Waals surface area contributed by atoms with Gasteiger partial charge in [-0.1, -0.05) is 12.1 Å². The van der Waals surface area contributed by atoms with Crippen molar-refractivity contribution in [1.82, 2.24) is 15.1 Å². The van der Waals surface area contributed by atoms with E-state index in [1.54, 1.807) is 14.2 Å². The fraction of sp³-hybridized carbons (Fsp3) is 0.650. The first-order chi connectivity index (χ1) is 12.6. The van der Waals surface area contributed by atoms with Crippen LogP contribution in [0, 0.1) is 0 Å². The Hall–Kier alpha value is -1.63. The van der Waals surface area contributed by atoms with E-state index < -0.39 is 5.60 Å². The standard InChI is InChI=1S/C20H31N3O3/c1-16(17-5-4-6-18(15-17)25-2)22-11-13-23(14-12-22)19(24)20(26-3)7-9-21-10-8-20/h4-6,15-16,21H,7-14H2,1-3H3. The molecule has 6 heteroatoms. The van der Waals surface area contributed by atoms with Crippen LogP contribution in [-0.4, -0.2) is 74.8 Å². The summed E-state index contributed by atoms with van der Waals surface area (Å²) in [5.74, 6) is 1.05. The van der Waals surface area contributed by atoms with E-state index in [0.717, 1.165) is 57.9 Å². The van der Waals surface area contributed by atoms with Crippen LogP contribution in [0.15, 0.2) is 24.3 Å². The molecule has 26 heavy (non-hydrogen) atoms. The zero-order valence-corrected chi connectivity index (χ0v) is 16.2. The van der Waals surface area contributed by atoms with Crippen molar-refractivity contribution in [3.63, 3.8) is 0 Å². The van der Waals surface area contributed by atoms with Crippen molar-refractivity contribution in [2.45, 2.75) is 31.4 Å². The maximum Gasteiger partial charge on any atom is 0.254 e. The van der Waals surface area contributed by atoms with Crippen LogP contribution < -0.4 is 10.1 Å². The molecule has 0 saturated carbocycles. The molecule has 1 aromatic carbocycles. The Morgan fingerprint density at radius 3 is 2.46 bits per heavy atom. The first-order valence-electron chi connectivity index (χ1n) is 9.53. The number of hydrogen-bond donors (Lipinski definition) is 1. The Bertz CT molecular complexity index is 608. The molecule has 2 aliphatic rings. The molecule has 2 aliphatic heterocycles. The third-order valence-electron chi connectivity index (χ3n) is 5.92. The molecule has 2 saturated heterocycles. The molecule has 2 heterocycles. The van der Waals surface area contributed by atoms with Crippen molar-refractivity contribution < 1.29 is 14.3 Å². The normalized spacial score (nSPS) is 22.0. The minimum absolute atomic E-state index is 0.162. The van der Waals surface area contributed by atoms with Gasteiger partial charge in [0.1, 0.15) is 11.4 Å². The summed E-state index contributed by atoms with van der Waals surface area (Å²) in [6, 6.07) is 8.54. The minimum atomic E-state index is -0.633. The predicted octanol–water partition coefficient (Wildman–Crippen LogP) is 1.67. The highest BCUT2D eigenvalue weighted by Gasteiger charge is 2.43. The van der Waals surface area contributed by atoms with Gasteiger partial charge in [0.15, 0.2) is 0 Å². The Kier molecular flexibility index (Phi) is 6.16. The molecule has 0 spiro atoms. The molecule has 1 aromatic rings. The van der Waals surface area contributed by atoms with E-state index in [0.29, 0.717) is 6.04 Å². The Balaban J connectivity index is 1.60. The lowest BCUT2D eigenvalue weighted by Crippen LogP contribution is -2.59. The Morgan fingerprint density at radius 2 is 1.85 bits per heavy atom. The van der Waals surface area contributed by atoms with Crippen LogP contribution in [0.4, 0.5) is 0 Å². The summed E-state index contributed by atoms with van der Waals surface area (Å²) >= 11 is 0. The topological polar surface area (TPSA) is 54.0 Å². The average molecular weight is 361 g/mol. The monoisotopic (exact) mass is 361 g/mol. The van der Waals surface area contributed by atoms with Gasteiger partial charge in [0, 0.05) is 39.3 Å². The molecular formula is C20H31N3O3. The third-order valence-corrected chi connectivity index (χ3v) is 5.92. The molecule has 6 nitrogen and oxygen atoms in total. The van der Waals surface area contributed by atoms with Crippen LogP contribution in [0.3, 0.4) is 0 Å². The summed E-state index contributed by atoms with van der Waals surface area (Å²) < 4.78 is 11.0. The smallest absolute Gasteiger partial charge is 0.254 e. The van der Waals surface area contributed by atoms with Gasteiger partial charge >= 0.3 is 0 Å². The molecule has 144 valence electrons. The largest absolute Gasteiger partial charge is 0.497 e. The fourth-order valence-electron chi connectivity index (χ4n) is 4.05. The number of nitrogens with one attached hydrogen (secondary N) is 1. The van der Waals surface area contributed by atoms with E-state index in [1.807, 2.05) is 17.0 Å². The minimum Gasteiger partial charge on any atom is -0.497 e. The number of piperidine rings is 1. The second kappa shape index (κ2) is 8.37. The molecule has 1 amide bonds. The van der Waals surface area contributed by atoms with Crippen LogP contribution in [0.25, 0.3) is 0 Å². The van der Waals surface area contributed by atoms with Crippen molar-refractivity contribution in [3.8, 4) is 5.75 Å². The van der Waals surface area contributed by atoms with Gasteiger partial charge in [-0.05, 0) is 50.6 Å². The van der Waals surface area contributed by atoms with E-state index >= 15 is 0 Å². The summed E-state index contributed by atoms with van der Waals surface area (Å²) in [7, 11) is 3.37. The van der Waals surface area contributed by atoms with Crippen molar-refractivity contribution in [2.75, 3.05) is 53.5 Å². The fourth-order valence-corrected chi connectivity index (χ4v) is 4.05. The van der Waals surface area contributed by atoms with Crippen molar-refractivity contribution in [3.05, 3.63) is 29.8 Å². The average Bonchev–Trinajstić information content (AvgIpc) is 2.73. The van der Waals surface area contributed by atoms with E-state index in [-0.39, 0.29) is 5.91 Å². The highest BCUT2D eigenvalue weighted by atomic mass is 16.5. The molecule has 0 bridgehead atoms. The second-order valence-electron chi connectivity index (χ2n) is 7.23. The molecule has 0 radical (unpaired) electrons. The number of amides is 1. The number of carbonyl (C=O) groups excluding carboxylic acids is 1. The summed E-state index contributed by atoms with van der Waals surface area (Å²) in [5.41, 5.74) is 0.613. The molecule has 2 fully saturated rings. The first kappa shape index (κ1) is 19.1. The van der Waals surface area contributed by atoms with E-state index in [2.05, 4.69) is 29.3 Å².